The van der Waals surface area contributed by atoms with Gasteiger partial charge in [-0.1, -0.05) is 78.9 Å². The first-order valence-corrected chi connectivity index (χ1v) is 22.7. The van der Waals surface area contributed by atoms with E-state index in [1.165, 1.54) is 37.3 Å². The number of aliphatic imine (C=N–C) groups is 4. The van der Waals surface area contributed by atoms with E-state index >= 15 is 0 Å². The van der Waals surface area contributed by atoms with Crippen LogP contribution in [0, 0.1) is 20.2 Å². The molecule has 0 aromatic heterocycles. The SMILES string of the molecule is CC(N)=NC(NC(=O)C(N=C(N)N)NC(=O)C(N=C(N)N)NC(=O)C(NC(=O)C(CO)N(Cc1cc2ccccc2c2ccccc12)c1c(C(=O)O)cc([N+](=O)[O-])cc1[N+](=O)[O-])c1ccccc1)C(=O)NC(N=C(N)N)C(N)=O. The van der Waals surface area contributed by atoms with Crippen molar-refractivity contribution in [2.45, 2.75) is 50.2 Å². The van der Waals surface area contributed by atoms with Gasteiger partial charge in [0.15, 0.2) is 17.9 Å². The third kappa shape index (κ3) is 15.0. The van der Waals surface area contributed by atoms with Crippen molar-refractivity contribution < 1.29 is 53.6 Å². The maximum atomic E-state index is 14.9. The summed E-state index contributed by atoms with van der Waals surface area (Å²) >= 11 is 0. The van der Waals surface area contributed by atoms with E-state index in [-0.39, 0.29) is 11.4 Å². The minimum Gasteiger partial charge on any atom is -0.478 e. The molecule has 33 heteroatoms. The molecule has 6 unspecified atom stereocenters. The van der Waals surface area contributed by atoms with Gasteiger partial charge in [0.05, 0.1) is 33.9 Å². The highest BCUT2D eigenvalue weighted by atomic mass is 16.6. The van der Waals surface area contributed by atoms with Crippen LogP contribution >= 0.6 is 0 Å². The molecule has 0 saturated carbocycles. The molecule has 0 radical (unpaired) electrons. The number of amidine groups is 1. The highest BCUT2D eigenvalue weighted by molar-refractivity contribution is 6.09. The molecule has 0 spiro atoms. The fourth-order valence-corrected chi connectivity index (χ4v) is 7.76. The second-order valence-electron chi connectivity index (χ2n) is 16.6. The number of nitrogens with two attached hydrogens (primary N) is 8. The monoisotopic (exact) mass is 1090 g/mol. The van der Waals surface area contributed by atoms with Crippen LogP contribution in [0.5, 0.6) is 0 Å². The van der Waals surface area contributed by atoms with E-state index in [9.17, 15) is 64.0 Å². The average Bonchev–Trinajstić information content (AvgIpc) is 3.42. The Morgan fingerprint density at radius 2 is 1.06 bits per heavy atom. The van der Waals surface area contributed by atoms with Crippen molar-refractivity contribution in [3.05, 3.63) is 134 Å². The first-order chi connectivity index (χ1) is 37.3. The molecule has 23 N–H and O–H groups in total. The Labute approximate surface area is 444 Å². The number of aromatic carboxylic acids is 1. The molecular formula is C46H52N20O13. The van der Waals surface area contributed by atoms with Gasteiger partial charge in [-0.25, -0.2) is 24.8 Å². The number of aliphatic hydroxyl groups is 1. The molecule has 33 nitrogen and oxygen atoms in total. The van der Waals surface area contributed by atoms with Crippen molar-refractivity contribution >= 4 is 104 Å². The molecule has 0 aliphatic carbocycles. The number of amides is 6. The van der Waals surface area contributed by atoms with E-state index in [1.807, 2.05) is 11.4 Å². The van der Waals surface area contributed by atoms with Crippen LogP contribution in [-0.4, -0.2) is 122 Å². The molecule has 0 heterocycles. The molecule has 0 aliphatic rings. The zero-order chi connectivity index (χ0) is 58.4. The summed E-state index contributed by atoms with van der Waals surface area (Å²) in [4.78, 5) is 133. The Morgan fingerprint density at radius 3 is 1.56 bits per heavy atom. The average molecular weight is 1090 g/mol. The van der Waals surface area contributed by atoms with Gasteiger partial charge in [0.25, 0.3) is 35.0 Å². The van der Waals surface area contributed by atoms with Gasteiger partial charge in [-0.05, 0) is 45.7 Å². The number of nitrogens with zero attached hydrogens (tertiary/aromatic N) is 7. The Kier molecular flexibility index (Phi) is 19.2. The lowest BCUT2D eigenvalue weighted by atomic mass is 9.96. The van der Waals surface area contributed by atoms with Gasteiger partial charge in [-0.2, -0.15) is 0 Å². The van der Waals surface area contributed by atoms with Gasteiger partial charge < -0.3 is 87.6 Å². The number of carboxylic acids is 1. The number of primary amides is 1. The van der Waals surface area contributed by atoms with E-state index in [1.54, 1.807) is 48.5 Å². The molecule has 414 valence electrons. The normalized spacial score (nSPS) is 13.3. The lowest BCUT2D eigenvalue weighted by Crippen LogP contribution is -2.58. The van der Waals surface area contributed by atoms with E-state index in [0.29, 0.717) is 33.9 Å². The van der Waals surface area contributed by atoms with Crippen LogP contribution < -0.4 is 77.4 Å². The molecule has 5 rings (SSSR count). The largest absolute Gasteiger partial charge is 0.478 e. The molecular weight excluding hydrogens is 1040 g/mol. The predicted octanol–water partition coefficient (Wildman–Crippen LogP) is -3.82. The molecule has 79 heavy (non-hydrogen) atoms. The van der Waals surface area contributed by atoms with Gasteiger partial charge in [-0.3, -0.25) is 49.0 Å². The van der Waals surface area contributed by atoms with Crippen LogP contribution in [0.15, 0.2) is 117 Å². The Bertz CT molecular complexity index is 3300. The minimum absolute atomic E-state index is 0.0373. The summed E-state index contributed by atoms with van der Waals surface area (Å²) in [7, 11) is 0. The number of rotatable bonds is 24. The predicted molar refractivity (Wildman–Crippen MR) is 284 cm³/mol. The van der Waals surface area contributed by atoms with Crippen molar-refractivity contribution in [1.82, 2.24) is 26.6 Å². The smallest absolute Gasteiger partial charge is 0.338 e. The summed E-state index contributed by atoms with van der Waals surface area (Å²) in [5.41, 5.74) is 40.2. The van der Waals surface area contributed by atoms with Crippen molar-refractivity contribution in [2.75, 3.05) is 11.5 Å². The van der Waals surface area contributed by atoms with Crippen molar-refractivity contribution in [2.24, 2.45) is 65.8 Å². The lowest BCUT2D eigenvalue weighted by molar-refractivity contribution is -0.393. The van der Waals surface area contributed by atoms with Gasteiger partial charge in [0, 0.05) is 12.6 Å². The summed E-state index contributed by atoms with van der Waals surface area (Å²) in [6.07, 6.45) is -8.38. The number of non-ortho nitro benzene ring substituents is 1. The molecule has 6 atom stereocenters. The van der Waals surface area contributed by atoms with Gasteiger partial charge in [-0.15, -0.1) is 0 Å². The van der Waals surface area contributed by atoms with E-state index in [4.69, 9.17) is 45.9 Å². The van der Waals surface area contributed by atoms with Crippen molar-refractivity contribution in [3.8, 4) is 0 Å². The third-order valence-corrected chi connectivity index (χ3v) is 11.0. The molecule has 6 amide bonds. The molecule has 5 aromatic rings. The molecule has 0 aliphatic heterocycles. The number of anilines is 1. The second kappa shape index (κ2) is 25.8. The number of carbonyl (C=O) groups is 7. The van der Waals surface area contributed by atoms with Crippen molar-refractivity contribution in [3.63, 3.8) is 0 Å². The summed E-state index contributed by atoms with van der Waals surface area (Å²) < 4.78 is 0. The Morgan fingerprint density at radius 1 is 0.582 bits per heavy atom. The number of fused-ring (bicyclic) bond motifs is 3. The maximum Gasteiger partial charge on any atom is 0.338 e. The highest BCUT2D eigenvalue weighted by Gasteiger charge is 2.39. The maximum absolute atomic E-state index is 14.9. The number of benzene rings is 5. The number of carbonyl (C=O) groups excluding carboxylic acids is 6. The van der Waals surface area contributed by atoms with Crippen LogP contribution in [0.4, 0.5) is 17.1 Å². The number of aliphatic hydroxyl groups excluding tert-OH is 1. The van der Waals surface area contributed by atoms with Gasteiger partial charge in [0.2, 0.25) is 36.5 Å². The summed E-state index contributed by atoms with van der Waals surface area (Å²) in [5, 5.41) is 59.9. The van der Waals surface area contributed by atoms with Crippen LogP contribution in [0.1, 0.15) is 34.5 Å². The molecule has 0 fully saturated rings. The topological polar surface area (TPSA) is 567 Å². The molecule has 0 saturated heterocycles. The first kappa shape index (κ1) is 58.6. The fourth-order valence-electron chi connectivity index (χ4n) is 7.76. The van der Waals surface area contributed by atoms with E-state index in [0.717, 1.165) is 10.3 Å². The zero-order valence-electron chi connectivity index (χ0n) is 41.3. The quantitative estimate of drug-likeness (QED) is 0.00926. The van der Waals surface area contributed by atoms with Crippen molar-refractivity contribution in [1.29, 1.82) is 0 Å². The van der Waals surface area contributed by atoms with Gasteiger partial charge >= 0.3 is 5.97 Å². The minimum atomic E-state index is -2.25. The zero-order valence-corrected chi connectivity index (χ0v) is 41.3. The number of hydrogen-bond acceptors (Lipinski definition) is 17. The van der Waals surface area contributed by atoms with E-state index < -0.39 is 142 Å². The standard InChI is InChI=1S/C46H52N20O13/c1-20(47)55-35(40(71)57-34(33(48)68)61-44(49)50)59-42(73)37(63-46(53)54)60-41(72)36(62-45(51)52)58-39(70)31(21-9-3-2-4-10-21)56-38(69)30(19-67)64(32-28(43(74)75)16-24(65(76)77)17-29(32)66(78)79)18-23-15-22-11-5-6-12-25(22)27-14-8-7-13-26(23)27/h2-17,30-31,34-37,67H,18-19H2,1H3,(H2,47,55)(H2,48,68)(H,56,69)(H,57,71)(H,58,70)(H,59,73)(H,60,72)(H,74,75)(H4,49,50,61)(H4,51,52,62)(H4,53,54,63). The summed E-state index contributed by atoms with van der Waals surface area (Å²) in [6, 6.07) is 19.7. The molecule has 0 bridgehead atoms. The summed E-state index contributed by atoms with van der Waals surface area (Å²) in [6.45, 7) is -0.662. The Hall–Kier alpha value is -11.2. The van der Waals surface area contributed by atoms with Crippen LogP contribution in [0.25, 0.3) is 21.5 Å². The van der Waals surface area contributed by atoms with Gasteiger partial charge in [0.1, 0.15) is 17.8 Å². The lowest BCUT2D eigenvalue weighted by Gasteiger charge is -2.34. The van der Waals surface area contributed by atoms with Crippen LogP contribution in [0.3, 0.4) is 0 Å². The van der Waals surface area contributed by atoms with E-state index in [2.05, 4.69) is 41.2 Å². The molecule has 5 aromatic carbocycles. The highest BCUT2D eigenvalue weighted by Crippen LogP contribution is 2.40. The first-order valence-electron chi connectivity index (χ1n) is 22.7. The third-order valence-electron chi connectivity index (χ3n) is 11.0. The summed E-state index contributed by atoms with van der Waals surface area (Å²) in [5.74, 6) is -12.6. The number of guanidine groups is 3. The van der Waals surface area contributed by atoms with Crippen LogP contribution in [-0.2, 0) is 35.3 Å². The number of nitro benzene ring substituents is 2. The van der Waals surface area contributed by atoms with Crippen LogP contribution in [0.2, 0.25) is 0 Å². The fraction of sp³-hybridized carbons (Fsp3) is 0.196. The number of nitro groups is 2. The Balaban J connectivity index is 1.57. The number of carboxylic acid groups (broad SMARTS) is 1. The number of nitrogens with one attached hydrogen (secondary N) is 5. The number of hydrogen-bond donors (Lipinski definition) is 15. The second-order valence-corrected chi connectivity index (χ2v) is 16.6.